The van der Waals surface area contributed by atoms with Crippen LogP contribution >= 0.6 is 0 Å². The lowest BCUT2D eigenvalue weighted by molar-refractivity contribution is 0.149. The first-order valence-electron chi connectivity index (χ1n) is 8.00. The molecule has 0 aliphatic rings. The van der Waals surface area contributed by atoms with E-state index >= 15 is 0 Å². The standard InChI is InChI=1S/C18H20N4O3/c1-13(14-6-3-2-4-7-14)22-10-9-17(21-22)20-18(24)19-12-15(23)16-8-5-11-25-16/h2-11,13,15,23H,12H2,1H3,(H2,19,20,21,24). The van der Waals surface area contributed by atoms with Gasteiger partial charge in [-0.25, -0.2) is 4.79 Å². The van der Waals surface area contributed by atoms with Crippen molar-refractivity contribution in [1.82, 2.24) is 15.1 Å². The smallest absolute Gasteiger partial charge is 0.320 e. The molecule has 2 amide bonds. The number of nitrogens with zero attached hydrogens (tertiary/aromatic N) is 2. The molecule has 0 saturated carbocycles. The summed E-state index contributed by atoms with van der Waals surface area (Å²) in [4.78, 5) is 11.9. The Kier molecular flexibility index (Phi) is 5.15. The highest BCUT2D eigenvalue weighted by molar-refractivity contribution is 5.88. The van der Waals surface area contributed by atoms with Crippen molar-refractivity contribution in [2.75, 3.05) is 11.9 Å². The molecule has 0 bridgehead atoms. The van der Waals surface area contributed by atoms with Gasteiger partial charge in [0.2, 0.25) is 0 Å². The summed E-state index contributed by atoms with van der Waals surface area (Å²) in [5.74, 6) is 0.842. The Hall–Kier alpha value is -3.06. The van der Waals surface area contributed by atoms with Crippen LogP contribution < -0.4 is 10.6 Å². The number of urea groups is 1. The van der Waals surface area contributed by atoms with Crippen LogP contribution in [0.4, 0.5) is 10.6 Å². The zero-order chi connectivity index (χ0) is 17.6. The largest absolute Gasteiger partial charge is 0.467 e. The monoisotopic (exact) mass is 340 g/mol. The molecule has 2 heterocycles. The molecule has 0 fully saturated rings. The van der Waals surface area contributed by atoms with Crippen molar-refractivity contribution in [2.45, 2.75) is 19.1 Å². The fraction of sp³-hybridized carbons (Fsp3) is 0.222. The number of carbonyl (C=O) groups excluding carboxylic acids is 1. The number of carbonyl (C=O) groups is 1. The predicted molar refractivity (Wildman–Crippen MR) is 93.2 cm³/mol. The Bertz CT molecular complexity index is 799. The predicted octanol–water partition coefficient (Wildman–Crippen LogP) is 2.94. The van der Waals surface area contributed by atoms with Gasteiger partial charge in [0.1, 0.15) is 11.9 Å². The number of aliphatic hydroxyl groups excluding tert-OH is 1. The lowest BCUT2D eigenvalue weighted by Crippen LogP contribution is -2.32. The summed E-state index contributed by atoms with van der Waals surface area (Å²) >= 11 is 0. The van der Waals surface area contributed by atoms with Gasteiger partial charge >= 0.3 is 6.03 Å². The van der Waals surface area contributed by atoms with Crippen LogP contribution in [0.5, 0.6) is 0 Å². The zero-order valence-electron chi connectivity index (χ0n) is 13.8. The summed E-state index contributed by atoms with van der Waals surface area (Å²) < 4.78 is 6.86. The van der Waals surface area contributed by atoms with E-state index in [4.69, 9.17) is 4.42 Å². The Labute approximate surface area is 145 Å². The van der Waals surface area contributed by atoms with Crippen LogP contribution in [0.15, 0.2) is 65.4 Å². The van der Waals surface area contributed by atoms with Crippen molar-refractivity contribution in [3.05, 3.63) is 72.3 Å². The van der Waals surface area contributed by atoms with Crippen LogP contribution in [0.3, 0.4) is 0 Å². The van der Waals surface area contributed by atoms with Crippen molar-refractivity contribution in [1.29, 1.82) is 0 Å². The quantitative estimate of drug-likeness (QED) is 0.643. The number of furan rings is 1. The van der Waals surface area contributed by atoms with Gasteiger partial charge in [0.25, 0.3) is 0 Å². The number of benzene rings is 1. The molecule has 3 aromatic rings. The molecule has 0 aliphatic heterocycles. The fourth-order valence-electron chi connectivity index (χ4n) is 2.44. The normalized spacial score (nSPS) is 13.2. The number of aromatic nitrogens is 2. The first kappa shape index (κ1) is 16.8. The van der Waals surface area contributed by atoms with Crippen LogP contribution in [0.1, 0.15) is 30.4 Å². The van der Waals surface area contributed by atoms with E-state index in [-0.39, 0.29) is 12.6 Å². The number of anilines is 1. The average Bonchev–Trinajstić information content (AvgIpc) is 3.32. The summed E-state index contributed by atoms with van der Waals surface area (Å²) in [5, 5.41) is 19.5. The van der Waals surface area contributed by atoms with Gasteiger partial charge in [0.15, 0.2) is 5.82 Å². The van der Waals surface area contributed by atoms with E-state index in [1.54, 1.807) is 22.9 Å². The third kappa shape index (κ3) is 4.27. The van der Waals surface area contributed by atoms with Crippen LogP contribution in [-0.4, -0.2) is 27.5 Å². The van der Waals surface area contributed by atoms with Gasteiger partial charge in [-0.05, 0) is 24.6 Å². The molecule has 2 unspecified atom stereocenters. The van der Waals surface area contributed by atoms with E-state index in [9.17, 15) is 9.90 Å². The van der Waals surface area contributed by atoms with Crippen LogP contribution in [0, 0.1) is 0 Å². The molecule has 3 N–H and O–H groups in total. The summed E-state index contributed by atoms with van der Waals surface area (Å²) in [5.41, 5.74) is 1.13. The molecule has 2 atom stereocenters. The molecule has 7 nitrogen and oxygen atoms in total. The number of hydrogen-bond acceptors (Lipinski definition) is 4. The van der Waals surface area contributed by atoms with Gasteiger partial charge in [0.05, 0.1) is 18.8 Å². The van der Waals surface area contributed by atoms with Crippen molar-refractivity contribution in [2.24, 2.45) is 0 Å². The van der Waals surface area contributed by atoms with E-state index in [1.165, 1.54) is 6.26 Å². The number of amides is 2. The van der Waals surface area contributed by atoms with E-state index in [1.807, 2.05) is 43.5 Å². The Morgan fingerprint density at radius 3 is 2.76 bits per heavy atom. The number of hydrogen-bond donors (Lipinski definition) is 3. The van der Waals surface area contributed by atoms with E-state index in [2.05, 4.69) is 15.7 Å². The van der Waals surface area contributed by atoms with Crippen LogP contribution in [0.25, 0.3) is 0 Å². The van der Waals surface area contributed by atoms with Crippen molar-refractivity contribution < 1.29 is 14.3 Å². The van der Waals surface area contributed by atoms with Gasteiger partial charge in [-0.1, -0.05) is 30.3 Å². The molecule has 0 radical (unpaired) electrons. The molecule has 2 aromatic heterocycles. The van der Waals surface area contributed by atoms with Gasteiger partial charge < -0.3 is 14.8 Å². The van der Waals surface area contributed by atoms with E-state index < -0.39 is 12.1 Å². The first-order valence-corrected chi connectivity index (χ1v) is 8.00. The second kappa shape index (κ2) is 7.67. The van der Waals surface area contributed by atoms with E-state index in [0.717, 1.165) is 5.56 Å². The summed E-state index contributed by atoms with van der Waals surface area (Å²) in [6, 6.07) is 14.7. The number of nitrogens with one attached hydrogen (secondary N) is 2. The Balaban J connectivity index is 1.53. The van der Waals surface area contributed by atoms with Gasteiger partial charge in [-0.3, -0.25) is 10.00 Å². The molecule has 130 valence electrons. The Morgan fingerprint density at radius 2 is 2.04 bits per heavy atom. The minimum Gasteiger partial charge on any atom is -0.467 e. The van der Waals surface area contributed by atoms with Crippen molar-refractivity contribution in [3.63, 3.8) is 0 Å². The van der Waals surface area contributed by atoms with Crippen molar-refractivity contribution in [3.8, 4) is 0 Å². The highest BCUT2D eigenvalue weighted by atomic mass is 16.4. The minimum atomic E-state index is -0.892. The Morgan fingerprint density at radius 1 is 1.24 bits per heavy atom. The third-order valence-corrected chi connectivity index (χ3v) is 3.86. The highest BCUT2D eigenvalue weighted by Crippen LogP contribution is 2.18. The minimum absolute atomic E-state index is 0.0421. The highest BCUT2D eigenvalue weighted by Gasteiger charge is 2.13. The topological polar surface area (TPSA) is 92.3 Å². The van der Waals surface area contributed by atoms with Crippen molar-refractivity contribution >= 4 is 11.8 Å². The number of aliphatic hydroxyl groups is 1. The van der Waals surface area contributed by atoms with Crippen LogP contribution in [-0.2, 0) is 0 Å². The summed E-state index contributed by atoms with van der Waals surface area (Å²) in [6.07, 6.45) is 2.39. The molecule has 3 rings (SSSR count). The second-order valence-electron chi connectivity index (χ2n) is 5.63. The summed E-state index contributed by atoms with van der Waals surface area (Å²) in [6.45, 7) is 2.08. The SMILES string of the molecule is CC(c1ccccc1)n1ccc(NC(=O)NCC(O)c2ccco2)n1. The third-order valence-electron chi connectivity index (χ3n) is 3.86. The maximum atomic E-state index is 11.9. The van der Waals surface area contributed by atoms with Gasteiger partial charge in [-0.2, -0.15) is 5.10 Å². The molecule has 25 heavy (non-hydrogen) atoms. The second-order valence-corrected chi connectivity index (χ2v) is 5.63. The van der Waals surface area contributed by atoms with E-state index in [0.29, 0.717) is 11.6 Å². The number of rotatable bonds is 6. The zero-order valence-corrected chi connectivity index (χ0v) is 13.8. The molecule has 1 aromatic carbocycles. The summed E-state index contributed by atoms with van der Waals surface area (Å²) in [7, 11) is 0. The average molecular weight is 340 g/mol. The molecule has 0 spiro atoms. The maximum Gasteiger partial charge on any atom is 0.320 e. The fourth-order valence-corrected chi connectivity index (χ4v) is 2.44. The molecule has 0 aliphatic carbocycles. The lowest BCUT2D eigenvalue weighted by Gasteiger charge is -2.12. The molecular weight excluding hydrogens is 320 g/mol. The molecule has 0 saturated heterocycles. The van der Waals surface area contributed by atoms with Gasteiger partial charge in [0, 0.05) is 12.3 Å². The molecule has 7 heteroatoms. The lowest BCUT2D eigenvalue weighted by atomic mass is 10.1. The molecular formula is C18H20N4O3. The van der Waals surface area contributed by atoms with Gasteiger partial charge in [-0.15, -0.1) is 0 Å². The first-order chi connectivity index (χ1) is 12.1. The maximum absolute atomic E-state index is 11.9. The van der Waals surface area contributed by atoms with Crippen LogP contribution in [0.2, 0.25) is 0 Å².